The summed E-state index contributed by atoms with van der Waals surface area (Å²) in [4.78, 5) is 26.2. The van der Waals surface area contributed by atoms with Crippen molar-refractivity contribution < 1.29 is 9.59 Å². The van der Waals surface area contributed by atoms with Gasteiger partial charge in [-0.25, -0.2) is 0 Å². The smallest absolute Gasteiger partial charge is 0.237 e. The summed E-state index contributed by atoms with van der Waals surface area (Å²) in [5, 5.41) is 9.28. The molecular formula is C17H32N4O2. The van der Waals surface area contributed by atoms with Crippen molar-refractivity contribution in [1.29, 1.82) is 0 Å². The molecule has 2 rings (SSSR count). The van der Waals surface area contributed by atoms with Gasteiger partial charge < -0.3 is 16.0 Å². The highest BCUT2D eigenvalue weighted by atomic mass is 16.2. The van der Waals surface area contributed by atoms with Crippen LogP contribution in [0.4, 0.5) is 0 Å². The van der Waals surface area contributed by atoms with Crippen LogP contribution in [0.2, 0.25) is 0 Å². The number of hydrogen-bond acceptors (Lipinski definition) is 4. The van der Waals surface area contributed by atoms with E-state index < -0.39 is 0 Å². The third-order valence-corrected chi connectivity index (χ3v) is 4.62. The van der Waals surface area contributed by atoms with E-state index in [1.807, 2.05) is 0 Å². The van der Waals surface area contributed by atoms with E-state index in [4.69, 9.17) is 0 Å². The normalized spacial score (nSPS) is 25.5. The molecular weight excluding hydrogens is 292 g/mol. The molecule has 6 heteroatoms. The molecule has 3 N–H and O–H groups in total. The molecule has 0 aliphatic carbocycles. The average Bonchev–Trinajstić information content (AvgIpc) is 3.05. The largest absolute Gasteiger partial charge is 0.355 e. The van der Waals surface area contributed by atoms with Crippen molar-refractivity contribution >= 4 is 11.8 Å². The molecule has 2 aliphatic rings. The number of nitrogens with zero attached hydrogens (tertiary/aromatic N) is 1. The van der Waals surface area contributed by atoms with Gasteiger partial charge in [-0.05, 0) is 50.6 Å². The molecule has 0 bridgehead atoms. The zero-order valence-electron chi connectivity index (χ0n) is 14.6. The molecule has 0 radical (unpaired) electrons. The Kier molecular flexibility index (Phi) is 7.30. The van der Waals surface area contributed by atoms with Crippen LogP contribution < -0.4 is 16.0 Å². The molecule has 23 heavy (non-hydrogen) atoms. The van der Waals surface area contributed by atoms with Gasteiger partial charge in [0.1, 0.15) is 0 Å². The summed E-state index contributed by atoms with van der Waals surface area (Å²) in [5.74, 6) is 1.17. The second kappa shape index (κ2) is 9.23. The first-order valence-electron chi connectivity index (χ1n) is 9.04. The van der Waals surface area contributed by atoms with Gasteiger partial charge in [-0.15, -0.1) is 0 Å². The maximum absolute atomic E-state index is 12.0. The second-order valence-electron chi connectivity index (χ2n) is 7.34. The Hall–Kier alpha value is -1.14. The van der Waals surface area contributed by atoms with E-state index in [0.717, 1.165) is 58.4 Å². The van der Waals surface area contributed by atoms with E-state index in [1.54, 1.807) is 0 Å². The van der Waals surface area contributed by atoms with Crippen LogP contribution in [0.15, 0.2) is 0 Å². The molecule has 2 fully saturated rings. The van der Waals surface area contributed by atoms with Crippen molar-refractivity contribution in [3.63, 3.8) is 0 Å². The summed E-state index contributed by atoms with van der Waals surface area (Å²) in [5.41, 5.74) is 0. The lowest BCUT2D eigenvalue weighted by Gasteiger charge is -2.32. The van der Waals surface area contributed by atoms with Gasteiger partial charge in [-0.1, -0.05) is 13.8 Å². The maximum Gasteiger partial charge on any atom is 0.237 e. The third-order valence-electron chi connectivity index (χ3n) is 4.62. The summed E-state index contributed by atoms with van der Waals surface area (Å²) in [6, 6.07) is -0.00324. The number of carbonyl (C=O) groups is 2. The van der Waals surface area contributed by atoms with Crippen molar-refractivity contribution in [2.75, 3.05) is 39.3 Å². The van der Waals surface area contributed by atoms with Gasteiger partial charge in [0, 0.05) is 19.6 Å². The zero-order chi connectivity index (χ0) is 16.7. The minimum Gasteiger partial charge on any atom is -0.355 e. The SMILES string of the molecule is CC(C)CNC(=O)CN1CCCC(CNC(=O)C2CCCN2)C1. The van der Waals surface area contributed by atoms with Crippen LogP contribution in [0.5, 0.6) is 0 Å². The highest BCUT2D eigenvalue weighted by Gasteiger charge is 2.25. The number of carbonyl (C=O) groups excluding carboxylic acids is 2. The van der Waals surface area contributed by atoms with Crippen molar-refractivity contribution in [2.24, 2.45) is 11.8 Å². The molecule has 6 nitrogen and oxygen atoms in total. The number of hydrogen-bond donors (Lipinski definition) is 3. The van der Waals surface area contributed by atoms with E-state index in [0.29, 0.717) is 18.4 Å². The van der Waals surface area contributed by atoms with Gasteiger partial charge in [0.2, 0.25) is 11.8 Å². The molecule has 2 unspecified atom stereocenters. The predicted octanol–water partition coefficient (Wildman–Crippen LogP) is 0.339. The van der Waals surface area contributed by atoms with Crippen LogP contribution in [-0.4, -0.2) is 62.0 Å². The Morgan fingerprint density at radius 3 is 2.74 bits per heavy atom. The first-order valence-corrected chi connectivity index (χ1v) is 9.04. The lowest BCUT2D eigenvalue weighted by Crippen LogP contribution is -2.47. The van der Waals surface area contributed by atoms with Gasteiger partial charge in [0.15, 0.2) is 0 Å². The second-order valence-corrected chi connectivity index (χ2v) is 7.34. The van der Waals surface area contributed by atoms with Crippen LogP contribution >= 0.6 is 0 Å². The van der Waals surface area contributed by atoms with Crippen LogP contribution in [0.1, 0.15) is 39.5 Å². The molecule has 0 aromatic rings. The van der Waals surface area contributed by atoms with Gasteiger partial charge in [-0.2, -0.15) is 0 Å². The third kappa shape index (κ3) is 6.47. The van der Waals surface area contributed by atoms with Crippen LogP contribution in [0.3, 0.4) is 0 Å². The summed E-state index contributed by atoms with van der Waals surface area (Å²) < 4.78 is 0. The maximum atomic E-state index is 12.0. The molecule has 0 aromatic heterocycles. The number of rotatable bonds is 7. The van der Waals surface area contributed by atoms with Crippen molar-refractivity contribution in [1.82, 2.24) is 20.9 Å². The number of piperidine rings is 1. The van der Waals surface area contributed by atoms with Gasteiger partial charge in [0.25, 0.3) is 0 Å². The minimum atomic E-state index is -0.00324. The van der Waals surface area contributed by atoms with Gasteiger partial charge in [-0.3, -0.25) is 14.5 Å². The Labute approximate surface area is 139 Å². The molecule has 132 valence electrons. The predicted molar refractivity (Wildman–Crippen MR) is 91.0 cm³/mol. The monoisotopic (exact) mass is 324 g/mol. The lowest BCUT2D eigenvalue weighted by atomic mass is 9.98. The zero-order valence-corrected chi connectivity index (χ0v) is 14.6. The summed E-state index contributed by atoms with van der Waals surface area (Å²) in [6.07, 6.45) is 4.25. The Morgan fingerprint density at radius 1 is 1.22 bits per heavy atom. The molecule has 2 amide bonds. The fourth-order valence-corrected chi connectivity index (χ4v) is 3.31. The highest BCUT2D eigenvalue weighted by molar-refractivity contribution is 5.82. The fraction of sp³-hybridized carbons (Fsp3) is 0.882. The topological polar surface area (TPSA) is 73.5 Å². The van der Waals surface area contributed by atoms with Crippen LogP contribution in [0.25, 0.3) is 0 Å². The lowest BCUT2D eigenvalue weighted by molar-refractivity contribution is -0.124. The van der Waals surface area contributed by atoms with Crippen molar-refractivity contribution in [3.05, 3.63) is 0 Å². The Morgan fingerprint density at radius 2 is 2.04 bits per heavy atom. The van der Waals surface area contributed by atoms with E-state index in [-0.39, 0.29) is 17.9 Å². The molecule has 2 saturated heterocycles. The molecule has 0 aromatic carbocycles. The van der Waals surface area contributed by atoms with Crippen molar-refractivity contribution in [2.45, 2.75) is 45.6 Å². The number of amides is 2. The Balaban J connectivity index is 1.66. The molecule has 0 spiro atoms. The molecule has 2 atom stereocenters. The van der Waals surface area contributed by atoms with E-state index >= 15 is 0 Å². The van der Waals surface area contributed by atoms with Crippen LogP contribution in [-0.2, 0) is 9.59 Å². The minimum absolute atomic E-state index is 0.00324. The van der Waals surface area contributed by atoms with Crippen LogP contribution in [0, 0.1) is 11.8 Å². The standard InChI is InChI=1S/C17H32N4O2/c1-13(2)9-19-16(22)12-21-8-4-5-14(11-21)10-20-17(23)15-6-3-7-18-15/h13-15,18H,3-12H2,1-2H3,(H,19,22)(H,20,23). The number of nitrogens with one attached hydrogen (secondary N) is 3. The average molecular weight is 324 g/mol. The van der Waals surface area contributed by atoms with Crippen molar-refractivity contribution in [3.8, 4) is 0 Å². The van der Waals surface area contributed by atoms with Gasteiger partial charge in [0.05, 0.1) is 12.6 Å². The van der Waals surface area contributed by atoms with E-state index in [9.17, 15) is 9.59 Å². The van der Waals surface area contributed by atoms with E-state index in [1.165, 1.54) is 0 Å². The van der Waals surface area contributed by atoms with Gasteiger partial charge >= 0.3 is 0 Å². The highest BCUT2D eigenvalue weighted by Crippen LogP contribution is 2.15. The first kappa shape index (κ1) is 18.2. The quantitative estimate of drug-likeness (QED) is 0.631. The number of likely N-dealkylation sites (tertiary alicyclic amines) is 1. The Bertz CT molecular complexity index is 394. The molecule has 2 aliphatic heterocycles. The summed E-state index contributed by atoms with van der Waals surface area (Å²) in [7, 11) is 0. The fourth-order valence-electron chi connectivity index (χ4n) is 3.31. The first-order chi connectivity index (χ1) is 11.0. The summed E-state index contributed by atoms with van der Waals surface area (Å²) >= 11 is 0. The van der Waals surface area contributed by atoms with E-state index in [2.05, 4.69) is 34.7 Å². The summed E-state index contributed by atoms with van der Waals surface area (Å²) in [6.45, 7) is 8.94. The molecule has 0 saturated carbocycles. The molecule has 2 heterocycles.